The molecule has 9 heteroatoms. The van der Waals surface area contributed by atoms with Crippen molar-refractivity contribution in [1.82, 2.24) is 15.1 Å². The summed E-state index contributed by atoms with van der Waals surface area (Å²) in [6.45, 7) is 5.43. The van der Waals surface area contributed by atoms with Crippen LogP contribution in [0, 0.1) is 0 Å². The van der Waals surface area contributed by atoms with Gasteiger partial charge in [0.2, 0.25) is 11.8 Å². The lowest BCUT2D eigenvalue weighted by atomic mass is 9.69. The maximum atomic E-state index is 13.2. The molecule has 5 aromatic carbocycles. The van der Waals surface area contributed by atoms with E-state index >= 15 is 0 Å². The zero-order valence-corrected chi connectivity index (χ0v) is 31.4. The first-order valence-electron chi connectivity index (χ1n) is 19.8. The highest BCUT2D eigenvalue weighted by Gasteiger charge is 2.40. The van der Waals surface area contributed by atoms with E-state index in [2.05, 4.69) is 100 Å². The van der Waals surface area contributed by atoms with Crippen molar-refractivity contribution in [2.24, 2.45) is 0 Å². The maximum Gasteiger partial charge on any atom is 0.255 e. The molecule has 56 heavy (non-hydrogen) atoms. The van der Waals surface area contributed by atoms with Crippen molar-refractivity contribution < 1.29 is 24.2 Å². The largest absolute Gasteiger partial charge is 0.508 e. The van der Waals surface area contributed by atoms with E-state index in [0.29, 0.717) is 36.0 Å². The van der Waals surface area contributed by atoms with E-state index in [-0.39, 0.29) is 30.7 Å². The lowest BCUT2D eigenvalue weighted by molar-refractivity contribution is -0.136. The van der Waals surface area contributed by atoms with Gasteiger partial charge in [0.15, 0.2) is 0 Å². The fourth-order valence-electron chi connectivity index (χ4n) is 9.19. The fourth-order valence-corrected chi connectivity index (χ4v) is 9.19. The minimum Gasteiger partial charge on any atom is -0.508 e. The molecule has 3 aliphatic heterocycles. The van der Waals surface area contributed by atoms with Crippen LogP contribution in [0.2, 0.25) is 0 Å². The Kier molecular flexibility index (Phi) is 9.77. The van der Waals surface area contributed by atoms with Crippen LogP contribution >= 0.6 is 0 Å². The van der Waals surface area contributed by atoms with Crippen molar-refractivity contribution in [2.45, 2.75) is 63.3 Å². The summed E-state index contributed by atoms with van der Waals surface area (Å²) in [6.07, 6.45) is 2.58. The Bertz CT molecular complexity index is 2250. The molecule has 3 unspecified atom stereocenters. The van der Waals surface area contributed by atoms with Crippen molar-refractivity contribution in [3.63, 3.8) is 0 Å². The van der Waals surface area contributed by atoms with Gasteiger partial charge >= 0.3 is 0 Å². The third-order valence-corrected chi connectivity index (χ3v) is 12.2. The van der Waals surface area contributed by atoms with Crippen molar-refractivity contribution in [1.29, 1.82) is 0 Å². The molecule has 9 nitrogen and oxygen atoms in total. The number of ether oxygens (including phenoxy) is 1. The number of fused-ring (bicyclic) bond motifs is 2. The Morgan fingerprint density at radius 3 is 2.27 bits per heavy atom. The zero-order chi connectivity index (χ0) is 38.2. The monoisotopic (exact) mass is 746 g/mol. The van der Waals surface area contributed by atoms with Crippen LogP contribution in [0.4, 0.5) is 5.69 Å². The number of hydrogen-bond acceptors (Lipinski definition) is 7. The van der Waals surface area contributed by atoms with E-state index in [1.807, 2.05) is 24.3 Å². The Labute approximate surface area is 327 Å². The first kappa shape index (κ1) is 35.8. The minimum absolute atomic E-state index is 0.204. The van der Waals surface area contributed by atoms with E-state index in [4.69, 9.17) is 4.74 Å². The van der Waals surface area contributed by atoms with E-state index < -0.39 is 11.9 Å². The summed E-state index contributed by atoms with van der Waals surface area (Å²) in [4.78, 5) is 43.9. The van der Waals surface area contributed by atoms with Gasteiger partial charge < -0.3 is 19.6 Å². The van der Waals surface area contributed by atoms with E-state index in [9.17, 15) is 19.5 Å². The third kappa shape index (κ3) is 7.15. The van der Waals surface area contributed by atoms with Crippen LogP contribution in [0.5, 0.6) is 11.5 Å². The molecular formula is C47H46N4O5. The van der Waals surface area contributed by atoms with Crippen LogP contribution < -0.4 is 15.0 Å². The fraction of sp³-hybridized carbons (Fsp3) is 0.298. The second-order valence-electron chi connectivity index (χ2n) is 15.6. The molecule has 3 atom stereocenters. The first-order chi connectivity index (χ1) is 27.4. The van der Waals surface area contributed by atoms with Gasteiger partial charge in [0.05, 0.1) is 6.54 Å². The standard InChI is InChI=1S/C47H46N4O5/c52-37-18-20-39-35(27-37)15-19-38(33-5-2-1-3-6-33)45(39)34-13-16-36(17-14-34)50-25-23-49(24-26-50)28-31-9-11-32(12-10-31)30-56-43-8-4-7-40-41(43)29-51(47(40)55)42-21-22-44(53)48-46(42)54/h1-14,16-18,20,27,38,42,45,52H,15,19,21-26,28-30H2,(H,48,53,54). The molecule has 2 fully saturated rings. The Morgan fingerprint density at radius 2 is 1.50 bits per heavy atom. The number of hydrogen-bond donors (Lipinski definition) is 2. The molecule has 0 aromatic heterocycles. The van der Waals surface area contributed by atoms with Gasteiger partial charge in [-0.15, -0.1) is 0 Å². The Balaban J connectivity index is 0.791. The van der Waals surface area contributed by atoms with Crippen LogP contribution in [0.1, 0.15) is 80.4 Å². The van der Waals surface area contributed by atoms with Gasteiger partial charge in [-0.2, -0.15) is 0 Å². The summed E-state index contributed by atoms with van der Waals surface area (Å²) < 4.78 is 6.23. The number of carbonyl (C=O) groups is 3. The number of amides is 3. The number of nitrogens with one attached hydrogen (secondary N) is 1. The lowest BCUT2D eigenvalue weighted by Gasteiger charge is -2.37. The second-order valence-corrected chi connectivity index (χ2v) is 15.6. The smallest absolute Gasteiger partial charge is 0.255 e. The molecule has 9 rings (SSSR count). The zero-order valence-electron chi connectivity index (χ0n) is 31.4. The highest BCUT2D eigenvalue weighted by atomic mass is 16.5. The third-order valence-electron chi connectivity index (χ3n) is 12.2. The number of carbonyl (C=O) groups excluding carboxylic acids is 3. The van der Waals surface area contributed by atoms with E-state index in [0.717, 1.165) is 56.7 Å². The minimum atomic E-state index is -0.653. The molecule has 3 heterocycles. The molecule has 3 amide bonds. The molecule has 2 saturated heterocycles. The number of imide groups is 1. The Morgan fingerprint density at radius 1 is 0.732 bits per heavy atom. The summed E-state index contributed by atoms with van der Waals surface area (Å²) in [5.41, 5.74) is 10.1. The van der Waals surface area contributed by atoms with Crippen LogP contribution in [-0.4, -0.2) is 64.8 Å². The number of phenols is 1. The van der Waals surface area contributed by atoms with Crippen LogP contribution in [0.3, 0.4) is 0 Å². The quantitative estimate of drug-likeness (QED) is 0.158. The number of rotatable bonds is 9. The van der Waals surface area contributed by atoms with Gasteiger partial charge in [0, 0.05) is 61.9 Å². The molecule has 1 aliphatic carbocycles. The van der Waals surface area contributed by atoms with Gasteiger partial charge in [0.1, 0.15) is 24.1 Å². The van der Waals surface area contributed by atoms with Gasteiger partial charge in [-0.3, -0.25) is 24.6 Å². The number of benzene rings is 5. The van der Waals surface area contributed by atoms with E-state index in [1.54, 1.807) is 11.0 Å². The topological polar surface area (TPSA) is 102 Å². The molecule has 5 aromatic rings. The number of piperidine rings is 1. The molecule has 0 saturated carbocycles. The normalized spacial score (nSPS) is 21.1. The van der Waals surface area contributed by atoms with Gasteiger partial charge in [-0.05, 0) is 95.0 Å². The summed E-state index contributed by atoms with van der Waals surface area (Å²) in [7, 11) is 0. The summed E-state index contributed by atoms with van der Waals surface area (Å²) in [6, 6.07) is 39.3. The number of aryl methyl sites for hydroxylation is 1. The SMILES string of the molecule is O=C1CCC(N2Cc3c(OCc4ccc(CN5CCN(c6ccc(C7c8ccc(O)cc8CCC7c7ccccc7)cc6)CC5)cc4)cccc3C2=O)C(=O)N1. The highest BCUT2D eigenvalue weighted by Crippen LogP contribution is 2.47. The van der Waals surface area contributed by atoms with Gasteiger partial charge in [0.25, 0.3) is 5.91 Å². The maximum absolute atomic E-state index is 13.2. The molecule has 0 bridgehead atoms. The number of anilines is 1. The molecule has 0 spiro atoms. The number of piperazine rings is 1. The number of phenolic OH excluding ortho intramolecular Hbond substituents is 1. The Hall–Kier alpha value is -5.93. The molecular weight excluding hydrogens is 701 g/mol. The average molecular weight is 747 g/mol. The first-order valence-corrected chi connectivity index (χ1v) is 19.8. The summed E-state index contributed by atoms with van der Waals surface area (Å²) in [5, 5.41) is 12.6. The van der Waals surface area contributed by atoms with Crippen LogP contribution in [0.25, 0.3) is 0 Å². The van der Waals surface area contributed by atoms with Gasteiger partial charge in [-0.1, -0.05) is 78.9 Å². The molecule has 0 radical (unpaired) electrons. The molecule has 284 valence electrons. The van der Waals surface area contributed by atoms with Crippen molar-refractivity contribution >= 4 is 23.4 Å². The predicted molar refractivity (Wildman–Crippen MR) is 215 cm³/mol. The van der Waals surface area contributed by atoms with Crippen LogP contribution in [0.15, 0.2) is 115 Å². The average Bonchev–Trinajstić information content (AvgIpc) is 3.56. The number of aromatic hydroxyl groups is 1. The van der Waals surface area contributed by atoms with Crippen molar-refractivity contribution in [3.8, 4) is 11.5 Å². The van der Waals surface area contributed by atoms with E-state index in [1.165, 1.54) is 33.5 Å². The predicted octanol–water partition coefficient (Wildman–Crippen LogP) is 6.92. The lowest BCUT2D eigenvalue weighted by Crippen LogP contribution is -2.52. The van der Waals surface area contributed by atoms with Crippen molar-refractivity contribution in [3.05, 3.63) is 160 Å². The molecule has 4 aliphatic rings. The molecule has 2 N–H and O–H groups in total. The number of nitrogens with zero attached hydrogens (tertiary/aromatic N) is 3. The van der Waals surface area contributed by atoms with Crippen molar-refractivity contribution in [2.75, 3.05) is 31.1 Å². The van der Waals surface area contributed by atoms with Crippen LogP contribution in [-0.2, 0) is 35.7 Å². The summed E-state index contributed by atoms with van der Waals surface area (Å²) in [5.74, 6) is 0.694. The van der Waals surface area contributed by atoms with Gasteiger partial charge in [-0.25, -0.2) is 0 Å². The second kappa shape index (κ2) is 15.3. The summed E-state index contributed by atoms with van der Waals surface area (Å²) >= 11 is 0. The highest BCUT2D eigenvalue weighted by molar-refractivity contribution is 6.05.